The molecule has 2 aromatic carbocycles. The van der Waals surface area contributed by atoms with Crippen molar-refractivity contribution in [2.75, 3.05) is 18.5 Å². The first-order chi connectivity index (χ1) is 15.1. The summed E-state index contributed by atoms with van der Waals surface area (Å²) < 4.78 is 30.5. The van der Waals surface area contributed by atoms with Gasteiger partial charge in [-0.1, -0.05) is 6.07 Å². The Kier molecular flexibility index (Phi) is 4.94. The second-order valence-electron chi connectivity index (χ2n) is 7.80. The van der Waals surface area contributed by atoms with Crippen molar-refractivity contribution in [3.63, 3.8) is 0 Å². The first kappa shape index (κ1) is 19.7. The molecule has 3 aliphatic rings. The molecule has 160 valence electrons. The van der Waals surface area contributed by atoms with Crippen molar-refractivity contribution >= 4 is 21.6 Å². The number of nitrogens with one attached hydrogen (secondary N) is 2. The Labute approximate surface area is 181 Å². The van der Waals surface area contributed by atoms with Gasteiger partial charge in [-0.15, -0.1) is 4.95 Å². The van der Waals surface area contributed by atoms with Gasteiger partial charge in [0.15, 0.2) is 16.0 Å². The quantitative estimate of drug-likeness (QED) is 0.563. The zero-order chi connectivity index (χ0) is 21.4. The molecular weight excluding hydrogens is 416 g/mol. The summed E-state index contributed by atoms with van der Waals surface area (Å²) in [5, 5.41) is 2.94. The minimum Gasteiger partial charge on any atom is -0.486 e. The third-order valence-corrected chi connectivity index (χ3v) is 7.60. The van der Waals surface area contributed by atoms with Crippen LogP contribution in [-0.4, -0.2) is 23.5 Å². The summed E-state index contributed by atoms with van der Waals surface area (Å²) in [5.41, 5.74) is 5.75. The van der Waals surface area contributed by atoms with Gasteiger partial charge in [0, 0.05) is 11.8 Å². The number of ether oxygens (including phenoxy) is 2. The van der Waals surface area contributed by atoms with E-state index < -0.39 is 15.9 Å². The number of amides is 2. The fourth-order valence-electron chi connectivity index (χ4n) is 4.61. The van der Waals surface area contributed by atoms with Gasteiger partial charge < -0.3 is 14.8 Å². The van der Waals surface area contributed by atoms with Crippen LogP contribution in [0.4, 0.5) is 10.5 Å². The summed E-state index contributed by atoms with van der Waals surface area (Å²) in [5.74, 6) is 0.942. The second-order valence-corrected chi connectivity index (χ2v) is 9.69. The molecule has 1 aliphatic heterocycles. The molecule has 31 heavy (non-hydrogen) atoms. The van der Waals surface area contributed by atoms with E-state index in [1.54, 1.807) is 6.07 Å². The minimum absolute atomic E-state index is 0.186. The molecule has 0 spiro atoms. The number of fused-ring (bicyclic) bond motifs is 3. The molecule has 1 atom stereocenters. The topological polar surface area (TPSA) is 93.4 Å². The molecule has 0 bridgehead atoms. The van der Waals surface area contributed by atoms with Crippen molar-refractivity contribution in [3.8, 4) is 11.5 Å². The van der Waals surface area contributed by atoms with Crippen molar-refractivity contribution in [1.82, 2.24) is 4.72 Å². The minimum atomic E-state index is -3.53. The van der Waals surface area contributed by atoms with Gasteiger partial charge >= 0.3 is 6.03 Å². The van der Waals surface area contributed by atoms with E-state index in [2.05, 4.69) is 25.5 Å². The van der Waals surface area contributed by atoms with Crippen LogP contribution >= 0.6 is 0 Å². The highest BCUT2D eigenvalue weighted by atomic mass is 32.2. The second kappa shape index (κ2) is 7.78. The highest BCUT2D eigenvalue weighted by Crippen LogP contribution is 2.38. The first-order valence-corrected chi connectivity index (χ1v) is 11.9. The Morgan fingerprint density at radius 2 is 1.68 bits per heavy atom. The monoisotopic (exact) mass is 438 g/mol. The smallest absolute Gasteiger partial charge is 0.332 e. The Bertz CT molecular complexity index is 1210. The van der Waals surface area contributed by atoms with Crippen LogP contribution in [-0.2, 0) is 35.6 Å². The third-order valence-electron chi connectivity index (χ3n) is 5.93. The SMILES string of the molecule is [C-]#[N+]N=S(=O)(NC(=O)Nc1c2c(cc3c1CCC3)CCC2)c1ccc2c(c1)OCCO2. The zero-order valence-electron chi connectivity index (χ0n) is 16.9. The summed E-state index contributed by atoms with van der Waals surface area (Å²) in [6, 6.07) is 6.29. The van der Waals surface area contributed by atoms with Crippen LogP contribution in [0.25, 0.3) is 4.95 Å². The molecule has 5 rings (SSSR count). The maximum Gasteiger partial charge on any atom is 0.332 e. The standard InChI is InChI=1S/C22H22N4O4S/c1-23-26-31(28,16-8-9-19-20(13-16)30-11-10-29-19)25-22(27)24-21-17-6-2-4-14(17)12-15-5-3-7-18(15)21/h8-9,12-13H,2-7,10-11H2,(H2,24,25,26,27,28). The van der Waals surface area contributed by atoms with Crippen LogP contribution in [0, 0.1) is 6.57 Å². The molecule has 8 nitrogen and oxygen atoms in total. The maximum absolute atomic E-state index is 13.5. The number of aryl methyl sites for hydroxylation is 2. The molecule has 0 saturated heterocycles. The Balaban J connectivity index is 1.45. The van der Waals surface area contributed by atoms with Gasteiger partial charge in [-0.05, 0) is 72.9 Å². The lowest BCUT2D eigenvalue weighted by Crippen LogP contribution is -2.34. The summed E-state index contributed by atoms with van der Waals surface area (Å²) >= 11 is 0. The van der Waals surface area contributed by atoms with Crippen molar-refractivity contribution in [2.45, 2.75) is 43.4 Å². The fraction of sp³-hybridized carbons (Fsp3) is 0.364. The molecule has 9 heteroatoms. The molecule has 0 fully saturated rings. The largest absolute Gasteiger partial charge is 0.486 e. The summed E-state index contributed by atoms with van der Waals surface area (Å²) in [4.78, 5) is 16.1. The van der Waals surface area contributed by atoms with Crippen LogP contribution in [0.3, 0.4) is 0 Å². The first-order valence-electron chi connectivity index (χ1n) is 10.4. The van der Waals surface area contributed by atoms with E-state index in [0.717, 1.165) is 44.2 Å². The van der Waals surface area contributed by atoms with Crippen molar-refractivity contribution in [3.05, 3.63) is 58.0 Å². The number of carbonyl (C=O) groups is 1. The number of anilines is 1. The number of carbonyl (C=O) groups excluding carboxylic acids is 1. The normalized spacial score (nSPS) is 17.6. The number of urea groups is 1. The Morgan fingerprint density at radius 1 is 1.00 bits per heavy atom. The van der Waals surface area contributed by atoms with Gasteiger partial charge in [0.05, 0.1) is 4.90 Å². The van der Waals surface area contributed by atoms with Gasteiger partial charge in [0.2, 0.25) is 9.92 Å². The predicted molar refractivity (Wildman–Crippen MR) is 116 cm³/mol. The molecular formula is C22H22N4O4S. The molecule has 2 N–H and O–H groups in total. The van der Waals surface area contributed by atoms with E-state index in [1.807, 2.05) is 0 Å². The van der Waals surface area contributed by atoms with E-state index in [-0.39, 0.29) is 4.90 Å². The lowest BCUT2D eigenvalue weighted by atomic mass is 9.99. The highest BCUT2D eigenvalue weighted by Gasteiger charge is 2.27. The zero-order valence-corrected chi connectivity index (χ0v) is 17.7. The van der Waals surface area contributed by atoms with E-state index in [1.165, 1.54) is 34.4 Å². The highest BCUT2D eigenvalue weighted by molar-refractivity contribution is 7.92. The molecule has 0 radical (unpaired) electrons. The number of benzene rings is 2. The number of nitrogens with zero attached hydrogens (tertiary/aromatic N) is 2. The fourth-order valence-corrected chi connectivity index (χ4v) is 5.80. The number of hydrogen-bond donors (Lipinski definition) is 2. The van der Waals surface area contributed by atoms with Crippen molar-refractivity contribution in [2.24, 2.45) is 4.47 Å². The molecule has 2 aliphatic carbocycles. The van der Waals surface area contributed by atoms with Crippen LogP contribution in [0.15, 0.2) is 33.6 Å². The third kappa shape index (κ3) is 3.57. The van der Waals surface area contributed by atoms with E-state index >= 15 is 0 Å². The molecule has 2 aromatic rings. The van der Waals surface area contributed by atoms with Crippen LogP contribution < -0.4 is 19.5 Å². The summed E-state index contributed by atoms with van der Waals surface area (Å²) in [7, 11) is -3.53. The Morgan fingerprint density at radius 3 is 2.35 bits per heavy atom. The predicted octanol–water partition coefficient (Wildman–Crippen LogP) is 3.83. The number of hydrogen-bond acceptors (Lipinski definition) is 5. The van der Waals surface area contributed by atoms with Gasteiger partial charge in [-0.2, -0.15) is 6.57 Å². The molecule has 2 amide bonds. The van der Waals surface area contributed by atoms with Gasteiger partial charge in [-0.3, -0.25) is 0 Å². The summed E-state index contributed by atoms with van der Waals surface area (Å²) in [6.07, 6.45) is 6.00. The van der Waals surface area contributed by atoms with Gasteiger partial charge in [0.25, 0.3) is 0 Å². The van der Waals surface area contributed by atoms with Crippen molar-refractivity contribution in [1.29, 1.82) is 0 Å². The van der Waals surface area contributed by atoms with E-state index in [0.29, 0.717) is 24.7 Å². The van der Waals surface area contributed by atoms with Gasteiger partial charge in [0.1, 0.15) is 13.2 Å². The lowest BCUT2D eigenvalue weighted by molar-refractivity contribution is 0.171. The van der Waals surface area contributed by atoms with E-state index in [9.17, 15) is 9.00 Å². The lowest BCUT2D eigenvalue weighted by Gasteiger charge is -2.19. The van der Waals surface area contributed by atoms with Crippen LogP contribution in [0.1, 0.15) is 35.1 Å². The van der Waals surface area contributed by atoms with Crippen LogP contribution in [0.2, 0.25) is 0 Å². The molecule has 1 heterocycles. The molecule has 0 aromatic heterocycles. The average molecular weight is 439 g/mol. The van der Waals surface area contributed by atoms with Crippen LogP contribution in [0.5, 0.6) is 11.5 Å². The maximum atomic E-state index is 13.5. The van der Waals surface area contributed by atoms with E-state index in [4.69, 9.17) is 16.0 Å². The molecule has 0 saturated carbocycles. The summed E-state index contributed by atoms with van der Waals surface area (Å²) in [6.45, 7) is 7.92. The van der Waals surface area contributed by atoms with Crippen molar-refractivity contribution < 1.29 is 18.5 Å². The Hall–Kier alpha value is -3.25. The van der Waals surface area contributed by atoms with Gasteiger partial charge in [-0.25, -0.2) is 13.7 Å². The molecule has 1 unspecified atom stereocenters. The average Bonchev–Trinajstić information content (AvgIpc) is 3.42. The number of rotatable bonds is 3.